The maximum atomic E-state index is 12.6. The molecule has 0 saturated carbocycles. The van der Waals surface area contributed by atoms with Crippen LogP contribution in [0.5, 0.6) is 0 Å². The Morgan fingerprint density at radius 3 is 2.35 bits per heavy atom. The van der Waals surface area contributed by atoms with Crippen molar-refractivity contribution in [2.45, 2.75) is 39.4 Å². The van der Waals surface area contributed by atoms with Crippen LogP contribution in [0.1, 0.15) is 43.4 Å². The van der Waals surface area contributed by atoms with Gasteiger partial charge in [-0.3, -0.25) is 4.79 Å². The number of aromatic nitrogens is 1. The minimum absolute atomic E-state index is 0.201. The summed E-state index contributed by atoms with van der Waals surface area (Å²) < 4.78 is 31.6. The predicted molar refractivity (Wildman–Crippen MR) is 86.6 cm³/mol. The number of amides is 1. The number of hydrogen-bond donors (Lipinski definition) is 0. The summed E-state index contributed by atoms with van der Waals surface area (Å²) in [5, 5.41) is 3.31. The summed E-state index contributed by atoms with van der Waals surface area (Å²) >= 11 is 0. The highest BCUT2D eigenvalue weighted by atomic mass is 32.2. The third-order valence-corrected chi connectivity index (χ3v) is 6.33. The van der Waals surface area contributed by atoms with Crippen LogP contribution < -0.4 is 0 Å². The highest BCUT2D eigenvalue weighted by Crippen LogP contribution is 2.19. The summed E-state index contributed by atoms with van der Waals surface area (Å²) in [5.41, 5.74) is 0.650. The van der Waals surface area contributed by atoms with Crippen LogP contribution in [0.25, 0.3) is 0 Å². The molecule has 130 valence electrons. The highest BCUT2D eigenvalue weighted by Gasteiger charge is 2.33. The Morgan fingerprint density at radius 2 is 1.87 bits per heavy atom. The monoisotopic (exact) mass is 343 g/mol. The number of aryl methyl sites for hydroxylation is 1. The molecule has 1 aromatic rings. The summed E-state index contributed by atoms with van der Waals surface area (Å²) in [6.07, 6.45) is 0.638. The topological polar surface area (TPSA) is 83.7 Å². The number of carbonyl (C=O) groups excluding carboxylic acids is 1. The smallest absolute Gasteiger partial charge is 0.292 e. The lowest BCUT2D eigenvalue weighted by atomic mass is 10.1. The predicted octanol–water partition coefficient (Wildman–Crippen LogP) is 1.51. The van der Waals surface area contributed by atoms with Gasteiger partial charge in [-0.1, -0.05) is 19.0 Å². The molecule has 1 aliphatic heterocycles. The molecule has 2 heterocycles. The van der Waals surface area contributed by atoms with Crippen LogP contribution in [0, 0.1) is 12.8 Å². The second-order valence-electron chi connectivity index (χ2n) is 6.51. The molecule has 1 aromatic heterocycles. The first kappa shape index (κ1) is 17.9. The molecule has 1 unspecified atom stereocenters. The van der Waals surface area contributed by atoms with Crippen LogP contribution in [-0.2, 0) is 10.0 Å². The molecule has 1 amide bonds. The van der Waals surface area contributed by atoms with Crippen molar-refractivity contribution in [3.8, 4) is 0 Å². The van der Waals surface area contributed by atoms with Crippen LogP contribution in [0.15, 0.2) is 10.6 Å². The van der Waals surface area contributed by atoms with Crippen molar-refractivity contribution in [1.29, 1.82) is 0 Å². The molecule has 1 atom stereocenters. The van der Waals surface area contributed by atoms with Crippen molar-refractivity contribution >= 4 is 15.9 Å². The first-order chi connectivity index (χ1) is 10.7. The van der Waals surface area contributed by atoms with Crippen molar-refractivity contribution in [3.63, 3.8) is 0 Å². The summed E-state index contributed by atoms with van der Waals surface area (Å²) in [6, 6.07) is 1.59. The molecule has 0 bridgehead atoms. The van der Waals surface area contributed by atoms with Crippen molar-refractivity contribution in [1.82, 2.24) is 14.4 Å². The molecular formula is C15H25N3O4S. The van der Waals surface area contributed by atoms with Crippen LogP contribution >= 0.6 is 0 Å². The average molecular weight is 343 g/mol. The molecule has 0 N–H and O–H groups in total. The van der Waals surface area contributed by atoms with Gasteiger partial charge in [0.25, 0.3) is 5.91 Å². The van der Waals surface area contributed by atoms with E-state index in [1.165, 1.54) is 4.31 Å². The second kappa shape index (κ2) is 7.00. The lowest BCUT2D eigenvalue weighted by Crippen LogP contribution is -2.52. The van der Waals surface area contributed by atoms with E-state index in [1.54, 1.807) is 24.8 Å². The van der Waals surface area contributed by atoms with Crippen LogP contribution in [0.4, 0.5) is 0 Å². The lowest BCUT2D eigenvalue weighted by Gasteiger charge is -2.35. The van der Waals surface area contributed by atoms with E-state index in [1.807, 2.05) is 13.8 Å². The zero-order chi connectivity index (χ0) is 17.2. The number of piperazine rings is 1. The molecule has 0 aliphatic carbocycles. The molecular weight excluding hydrogens is 318 g/mol. The van der Waals surface area contributed by atoms with Gasteiger partial charge in [0.05, 0.1) is 10.9 Å². The van der Waals surface area contributed by atoms with E-state index in [9.17, 15) is 13.2 Å². The molecule has 1 saturated heterocycles. The fourth-order valence-electron chi connectivity index (χ4n) is 2.81. The fourth-order valence-corrected chi connectivity index (χ4v) is 4.62. The van der Waals surface area contributed by atoms with E-state index in [4.69, 9.17) is 4.52 Å². The van der Waals surface area contributed by atoms with Gasteiger partial charge in [0.2, 0.25) is 15.8 Å². The zero-order valence-electron chi connectivity index (χ0n) is 14.2. The van der Waals surface area contributed by atoms with Gasteiger partial charge in [-0.05, 0) is 26.2 Å². The molecule has 0 aromatic carbocycles. The van der Waals surface area contributed by atoms with E-state index in [0.717, 1.165) is 0 Å². The third-order valence-electron chi connectivity index (χ3n) is 4.04. The number of hydrogen-bond acceptors (Lipinski definition) is 5. The van der Waals surface area contributed by atoms with Gasteiger partial charge in [0, 0.05) is 32.2 Å². The molecule has 7 nitrogen and oxygen atoms in total. The van der Waals surface area contributed by atoms with E-state index in [-0.39, 0.29) is 11.7 Å². The number of nitrogens with zero attached hydrogens (tertiary/aromatic N) is 3. The first-order valence-corrected chi connectivity index (χ1v) is 9.43. The largest absolute Gasteiger partial charge is 0.351 e. The Kier molecular flexibility index (Phi) is 5.46. The van der Waals surface area contributed by atoms with Gasteiger partial charge >= 0.3 is 0 Å². The number of carbonyl (C=O) groups is 1. The maximum Gasteiger partial charge on any atom is 0.292 e. The van der Waals surface area contributed by atoms with E-state index in [2.05, 4.69) is 5.16 Å². The molecule has 1 fully saturated rings. The maximum absolute atomic E-state index is 12.6. The van der Waals surface area contributed by atoms with Gasteiger partial charge in [-0.15, -0.1) is 0 Å². The van der Waals surface area contributed by atoms with Gasteiger partial charge in [-0.25, -0.2) is 8.42 Å². The molecule has 2 rings (SSSR count). The Labute approximate surface area is 137 Å². The standard InChI is InChI=1S/C15H25N3O4S/c1-11(2)9-13(4)23(20,21)18-7-5-17(6-8-18)15(19)14-10-12(3)16-22-14/h10-11,13H,5-9H2,1-4H3. The quantitative estimate of drug-likeness (QED) is 0.809. The van der Waals surface area contributed by atoms with Crippen molar-refractivity contribution in [2.75, 3.05) is 26.2 Å². The van der Waals surface area contributed by atoms with Crippen molar-refractivity contribution in [2.24, 2.45) is 5.92 Å². The van der Waals surface area contributed by atoms with Gasteiger partial charge in [0.1, 0.15) is 0 Å². The van der Waals surface area contributed by atoms with Gasteiger partial charge in [-0.2, -0.15) is 4.31 Å². The van der Waals surface area contributed by atoms with Gasteiger partial charge < -0.3 is 9.42 Å². The summed E-state index contributed by atoms with van der Waals surface area (Å²) in [4.78, 5) is 13.9. The zero-order valence-corrected chi connectivity index (χ0v) is 15.0. The Hall–Kier alpha value is -1.41. The minimum atomic E-state index is -3.31. The fraction of sp³-hybridized carbons (Fsp3) is 0.733. The Balaban J connectivity index is 1.96. The molecule has 0 spiro atoms. The SMILES string of the molecule is Cc1cc(C(=O)N2CCN(S(=O)(=O)C(C)CC(C)C)CC2)on1. The number of rotatable bonds is 5. The Bertz CT molecular complexity index is 645. The highest BCUT2D eigenvalue weighted by molar-refractivity contribution is 7.89. The summed E-state index contributed by atoms with van der Waals surface area (Å²) in [6.45, 7) is 8.92. The summed E-state index contributed by atoms with van der Waals surface area (Å²) in [7, 11) is -3.31. The van der Waals surface area contributed by atoms with Crippen molar-refractivity contribution < 1.29 is 17.7 Å². The summed E-state index contributed by atoms with van der Waals surface area (Å²) in [5.74, 6) is 0.294. The molecule has 0 radical (unpaired) electrons. The molecule has 23 heavy (non-hydrogen) atoms. The van der Waals surface area contributed by atoms with Crippen LogP contribution in [0.2, 0.25) is 0 Å². The first-order valence-electron chi connectivity index (χ1n) is 7.93. The van der Waals surface area contributed by atoms with Gasteiger partial charge in [0.15, 0.2) is 0 Å². The average Bonchev–Trinajstić information content (AvgIpc) is 2.92. The van der Waals surface area contributed by atoms with Crippen LogP contribution in [0.3, 0.4) is 0 Å². The third kappa shape index (κ3) is 4.11. The second-order valence-corrected chi connectivity index (χ2v) is 8.86. The van der Waals surface area contributed by atoms with E-state index >= 15 is 0 Å². The Morgan fingerprint density at radius 1 is 1.26 bits per heavy atom. The normalized spacial score (nSPS) is 18.4. The van der Waals surface area contributed by atoms with Crippen LogP contribution in [-0.4, -0.2) is 60.1 Å². The van der Waals surface area contributed by atoms with E-state index < -0.39 is 15.3 Å². The lowest BCUT2D eigenvalue weighted by molar-refractivity contribution is 0.0655. The number of sulfonamides is 1. The van der Waals surface area contributed by atoms with Crippen molar-refractivity contribution in [3.05, 3.63) is 17.5 Å². The van der Waals surface area contributed by atoms with E-state index in [0.29, 0.717) is 44.2 Å². The molecule has 8 heteroatoms. The molecule has 1 aliphatic rings. The minimum Gasteiger partial charge on any atom is -0.351 e.